The van der Waals surface area contributed by atoms with Crippen LogP contribution >= 0.6 is 23.6 Å². The first-order valence-electron chi connectivity index (χ1n) is 10.1. The molecule has 1 aromatic heterocycles. The summed E-state index contributed by atoms with van der Waals surface area (Å²) in [7, 11) is 1.42. The van der Waals surface area contributed by atoms with Crippen molar-refractivity contribution in [3.8, 4) is 0 Å². The second kappa shape index (κ2) is 10.2. The summed E-state index contributed by atoms with van der Waals surface area (Å²) in [5.41, 5.74) is 2.99. The Hall–Kier alpha value is -1.96. The number of thiophene rings is 1. The lowest BCUT2D eigenvalue weighted by atomic mass is 10.0. The number of rotatable bonds is 6. The van der Waals surface area contributed by atoms with Crippen LogP contribution in [0.5, 0.6) is 0 Å². The van der Waals surface area contributed by atoms with Crippen LogP contribution in [-0.4, -0.2) is 42.2 Å². The molecule has 7 heteroatoms. The molecule has 2 N–H and O–H groups in total. The Kier molecular flexibility index (Phi) is 7.64. The van der Waals surface area contributed by atoms with Gasteiger partial charge >= 0.3 is 5.97 Å². The van der Waals surface area contributed by atoms with E-state index < -0.39 is 0 Å². The lowest BCUT2D eigenvalue weighted by Gasteiger charge is -2.33. The second-order valence-electron chi connectivity index (χ2n) is 7.32. The van der Waals surface area contributed by atoms with E-state index in [0.717, 1.165) is 54.3 Å². The first-order chi connectivity index (χ1) is 14.0. The molecule has 1 fully saturated rings. The minimum Gasteiger partial charge on any atom is -0.465 e. The van der Waals surface area contributed by atoms with E-state index in [2.05, 4.69) is 45.9 Å². The fourth-order valence-electron chi connectivity index (χ4n) is 3.81. The van der Waals surface area contributed by atoms with E-state index in [-0.39, 0.29) is 5.97 Å². The van der Waals surface area contributed by atoms with E-state index in [4.69, 9.17) is 17.0 Å². The van der Waals surface area contributed by atoms with E-state index in [9.17, 15) is 4.79 Å². The zero-order valence-electron chi connectivity index (χ0n) is 17.3. The number of benzene rings is 1. The van der Waals surface area contributed by atoms with Crippen LogP contribution in [0.25, 0.3) is 0 Å². The summed E-state index contributed by atoms with van der Waals surface area (Å²) in [6.45, 7) is 7.15. The molecule has 0 saturated carbocycles. The Labute approximate surface area is 182 Å². The first-order valence-corrected chi connectivity index (χ1v) is 11.3. The highest BCUT2D eigenvalue weighted by Crippen LogP contribution is 2.34. The number of nitrogens with zero attached hydrogens (tertiary/aromatic N) is 1. The number of esters is 1. The fourth-order valence-corrected chi connectivity index (χ4v) is 5.28. The second-order valence-corrected chi connectivity index (χ2v) is 8.95. The molecular formula is C22H29N3O2S2. The monoisotopic (exact) mass is 431 g/mol. The molecule has 2 aromatic rings. The van der Waals surface area contributed by atoms with E-state index in [1.807, 2.05) is 13.8 Å². The highest BCUT2D eigenvalue weighted by atomic mass is 32.1. The number of piperidine rings is 1. The van der Waals surface area contributed by atoms with Crippen LogP contribution in [0.4, 0.5) is 5.00 Å². The molecule has 3 rings (SSSR count). The molecule has 0 unspecified atom stereocenters. The van der Waals surface area contributed by atoms with Gasteiger partial charge < -0.3 is 15.4 Å². The molecule has 0 atom stereocenters. The number of thiocarbonyl (C=S) groups is 1. The molecule has 1 aliphatic rings. The van der Waals surface area contributed by atoms with E-state index in [1.54, 1.807) is 11.3 Å². The number of aryl methyl sites for hydroxylation is 1. The molecule has 156 valence electrons. The number of hydrogen-bond acceptors (Lipinski definition) is 5. The molecular weight excluding hydrogens is 402 g/mol. The minimum atomic E-state index is -0.314. The molecule has 1 saturated heterocycles. The van der Waals surface area contributed by atoms with Crippen molar-refractivity contribution in [3.05, 3.63) is 51.9 Å². The first kappa shape index (κ1) is 21.7. The van der Waals surface area contributed by atoms with Gasteiger partial charge in [-0.2, -0.15) is 0 Å². The van der Waals surface area contributed by atoms with Crippen molar-refractivity contribution in [1.29, 1.82) is 0 Å². The van der Waals surface area contributed by atoms with Crippen LogP contribution in [0.15, 0.2) is 30.3 Å². The van der Waals surface area contributed by atoms with Gasteiger partial charge in [0.15, 0.2) is 5.11 Å². The summed E-state index contributed by atoms with van der Waals surface area (Å²) in [4.78, 5) is 15.9. The molecule has 0 spiro atoms. The SMILES string of the molecule is CCc1c(C)sc(NC(=S)NC2CCN(Cc3ccccc3)CC2)c1C(=O)OC. The minimum absolute atomic E-state index is 0.314. The number of likely N-dealkylation sites (tertiary alicyclic amines) is 1. The topological polar surface area (TPSA) is 53.6 Å². The number of carbonyl (C=O) groups is 1. The third kappa shape index (κ3) is 5.56. The van der Waals surface area contributed by atoms with Crippen molar-refractivity contribution in [2.24, 2.45) is 0 Å². The van der Waals surface area contributed by atoms with Gasteiger partial charge in [-0.25, -0.2) is 4.79 Å². The van der Waals surface area contributed by atoms with Crippen LogP contribution in [0.1, 0.15) is 46.1 Å². The van der Waals surface area contributed by atoms with E-state index in [1.165, 1.54) is 12.7 Å². The average molecular weight is 432 g/mol. The molecule has 1 aromatic carbocycles. The summed E-state index contributed by atoms with van der Waals surface area (Å²) in [6, 6.07) is 10.9. The van der Waals surface area contributed by atoms with Gasteiger partial charge in [0.1, 0.15) is 5.00 Å². The molecule has 0 radical (unpaired) electrons. The number of hydrogen-bond donors (Lipinski definition) is 2. The maximum atomic E-state index is 12.3. The van der Waals surface area contributed by atoms with Crippen molar-refractivity contribution < 1.29 is 9.53 Å². The molecule has 0 aliphatic carbocycles. The standard InChI is InChI=1S/C22H29N3O2S2/c1-4-18-15(2)29-20(19(18)21(26)27-3)24-22(28)23-17-10-12-25(13-11-17)14-16-8-6-5-7-9-16/h5-9,17H,4,10-14H2,1-3H3,(H2,23,24,28). The quantitative estimate of drug-likeness (QED) is 0.524. The summed E-state index contributed by atoms with van der Waals surface area (Å²) < 4.78 is 4.98. The van der Waals surface area contributed by atoms with Crippen molar-refractivity contribution in [3.63, 3.8) is 0 Å². The highest BCUT2D eigenvalue weighted by molar-refractivity contribution is 7.80. The highest BCUT2D eigenvalue weighted by Gasteiger charge is 2.24. The van der Waals surface area contributed by atoms with Crippen LogP contribution in [0.2, 0.25) is 0 Å². The predicted molar refractivity (Wildman–Crippen MR) is 124 cm³/mol. The number of anilines is 1. The van der Waals surface area contributed by atoms with Crippen molar-refractivity contribution in [2.75, 3.05) is 25.5 Å². The van der Waals surface area contributed by atoms with Crippen LogP contribution < -0.4 is 10.6 Å². The maximum Gasteiger partial charge on any atom is 0.341 e. The van der Waals surface area contributed by atoms with Gasteiger partial charge in [-0.1, -0.05) is 37.3 Å². The van der Waals surface area contributed by atoms with Crippen molar-refractivity contribution in [1.82, 2.24) is 10.2 Å². The summed E-state index contributed by atoms with van der Waals surface area (Å²) in [6.07, 6.45) is 2.87. The predicted octanol–water partition coefficient (Wildman–Crippen LogP) is 4.36. The third-order valence-corrected chi connectivity index (χ3v) is 6.63. The van der Waals surface area contributed by atoms with Gasteiger partial charge in [0.05, 0.1) is 12.7 Å². The number of ether oxygens (including phenoxy) is 1. The molecule has 5 nitrogen and oxygen atoms in total. The smallest absolute Gasteiger partial charge is 0.341 e. The lowest BCUT2D eigenvalue weighted by molar-refractivity contribution is 0.0601. The van der Waals surface area contributed by atoms with Gasteiger partial charge in [-0.15, -0.1) is 11.3 Å². The lowest BCUT2D eigenvalue weighted by Crippen LogP contribution is -2.45. The molecule has 29 heavy (non-hydrogen) atoms. The normalized spacial score (nSPS) is 15.1. The molecule has 0 amide bonds. The zero-order chi connectivity index (χ0) is 20.8. The van der Waals surface area contributed by atoms with Gasteiger partial charge in [-0.05, 0) is 49.5 Å². The number of methoxy groups -OCH3 is 1. The largest absolute Gasteiger partial charge is 0.465 e. The van der Waals surface area contributed by atoms with Crippen LogP contribution in [0, 0.1) is 6.92 Å². The zero-order valence-corrected chi connectivity index (χ0v) is 18.9. The summed E-state index contributed by atoms with van der Waals surface area (Å²) in [5, 5.41) is 8.01. The maximum absolute atomic E-state index is 12.3. The summed E-state index contributed by atoms with van der Waals surface area (Å²) >= 11 is 7.09. The van der Waals surface area contributed by atoms with E-state index >= 15 is 0 Å². The molecule has 2 heterocycles. The Bertz CT molecular complexity index is 843. The van der Waals surface area contributed by atoms with E-state index in [0.29, 0.717) is 16.7 Å². The van der Waals surface area contributed by atoms with Gasteiger partial charge in [-0.3, -0.25) is 4.90 Å². The Morgan fingerprint density at radius 3 is 2.59 bits per heavy atom. The number of carbonyl (C=O) groups excluding carboxylic acids is 1. The van der Waals surface area contributed by atoms with Crippen molar-refractivity contribution >= 4 is 39.6 Å². The van der Waals surface area contributed by atoms with Gasteiger partial charge in [0.2, 0.25) is 0 Å². The fraction of sp³-hybridized carbons (Fsp3) is 0.455. The van der Waals surface area contributed by atoms with Crippen molar-refractivity contribution in [2.45, 2.75) is 45.7 Å². The molecule has 1 aliphatic heterocycles. The van der Waals surface area contributed by atoms with Crippen LogP contribution in [-0.2, 0) is 17.7 Å². The Morgan fingerprint density at radius 2 is 1.97 bits per heavy atom. The van der Waals surface area contributed by atoms with Gasteiger partial charge in [0, 0.05) is 30.6 Å². The Balaban J connectivity index is 1.54. The summed E-state index contributed by atoms with van der Waals surface area (Å²) in [5.74, 6) is -0.314. The Morgan fingerprint density at radius 1 is 1.28 bits per heavy atom. The van der Waals surface area contributed by atoms with Crippen LogP contribution in [0.3, 0.4) is 0 Å². The van der Waals surface area contributed by atoms with Gasteiger partial charge in [0.25, 0.3) is 0 Å². The number of nitrogens with one attached hydrogen (secondary N) is 2. The molecule has 0 bridgehead atoms. The average Bonchev–Trinajstić information content (AvgIpc) is 3.04. The third-order valence-electron chi connectivity index (χ3n) is 5.35.